The van der Waals surface area contributed by atoms with Crippen molar-refractivity contribution in [2.24, 2.45) is 5.92 Å². The van der Waals surface area contributed by atoms with Crippen molar-refractivity contribution < 1.29 is 0 Å². The molecule has 1 unspecified atom stereocenters. The molecule has 1 heteroatoms. The zero-order valence-corrected chi connectivity index (χ0v) is 8.65. The van der Waals surface area contributed by atoms with E-state index in [0.29, 0.717) is 0 Å². The molecule has 0 aromatic heterocycles. The summed E-state index contributed by atoms with van der Waals surface area (Å²) in [6.45, 7) is 7.57. The summed E-state index contributed by atoms with van der Waals surface area (Å²) in [6.07, 6.45) is 2.42. The van der Waals surface area contributed by atoms with Crippen molar-refractivity contribution in [3.8, 4) is 0 Å². The van der Waals surface area contributed by atoms with Gasteiger partial charge in [0.1, 0.15) is 0 Å². The fraction of sp³-hybridized carbons (Fsp3) is 0.462. The van der Waals surface area contributed by atoms with E-state index >= 15 is 0 Å². The predicted octanol–water partition coefficient (Wildman–Crippen LogP) is 2.73. The Bertz CT molecular complexity index is 268. The molecule has 0 bridgehead atoms. The third-order valence-corrected chi connectivity index (χ3v) is 3.03. The molecule has 0 aliphatic carbocycles. The zero-order chi connectivity index (χ0) is 9.80. The summed E-state index contributed by atoms with van der Waals surface area (Å²) in [5, 5.41) is 0. The van der Waals surface area contributed by atoms with Crippen LogP contribution in [0.4, 0.5) is 0 Å². The molecule has 2 rings (SSSR count). The maximum atomic E-state index is 3.98. The molecule has 0 spiro atoms. The minimum atomic E-state index is 0.832. The van der Waals surface area contributed by atoms with Crippen LogP contribution >= 0.6 is 0 Å². The van der Waals surface area contributed by atoms with Crippen LogP contribution in [-0.2, 0) is 6.54 Å². The van der Waals surface area contributed by atoms with Crippen LogP contribution in [0.25, 0.3) is 0 Å². The molecule has 1 aromatic carbocycles. The highest BCUT2D eigenvalue weighted by Crippen LogP contribution is 2.20. The van der Waals surface area contributed by atoms with Gasteiger partial charge in [-0.05, 0) is 30.9 Å². The highest BCUT2D eigenvalue weighted by Gasteiger charge is 2.20. The van der Waals surface area contributed by atoms with Gasteiger partial charge in [-0.3, -0.25) is 4.90 Å². The Morgan fingerprint density at radius 1 is 1.29 bits per heavy atom. The zero-order valence-electron chi connectivity index (χ0n) is 8.65. The van der Waals surface area contributed by atoms with Crippen LogP contribution < -0.4 is 0 Å². The van der Waals surface area contributed by atoms with Crippen LogP contribution in [0.3, 0.4) is 0 Å². The van der Waals surface area contributed by atoms with E-state index in [9.17, 15) is 0 Å². The van der Waals surface area contributed by atoms with E-state index in [2.05, 4.69) is 42.2 Å². The summed E-state index contributed by atoms with van der Waals surface area (Å²) in [7, 11) is 0. The molecule has 1 radical (unpaired) electrons. The minimum absolute atomic E-state index is 0.832. The normalized spacial score (nSPS) is 22.8. The van der Waals surface area contributed by atoms with Crippen LogP contribution in [0.15, 0.2) is 30.3 Å². The molecule has 0 N–H and O–H groups in total. The molecule has 1 atom stereocenters. The molecule has 1 aromatic rings. The summed E-state index contributed by atoms with van der Waals surface area (Å²) >= 11 is 0. The monoisotopic (exact) mass is 188 g/mol. The van der Waals surface area contributed by atoms with E-state index in [4.69, 9.17) is 0 Å². The lowest BCUT2D eigenvalue weighted by atomic mass is 10.1. The van der Waals surface area contributed by atoms with Crippen LogP contribution in [0.2, 0.25) is 0 Å². The van der Waals surface area contributed by atoms with Gasteiger partial charge >= 0.3 is 0 Å². The Morgan fingerprint density at radius 3 is 2.71 bits per heavy atom. The van der Waals surface area contributed by atoms with Gasteiger partial charge in [0.25, 0.3) is 0 Å². The van der Waals surface area contributed by atoms with Crippen molar-refractivity contribution in [1.29, 1.82) is 0 Å². The van der Waals surface area contributed by atoms with Gasteiger partial charge in [0.2, 0.25) is 0 Å². The highest BCUT2D eigenvalue weighted by atomic mass is 15.1. The summed E-state index contributed by atoms with van der Waals surface area (Å²) in [5.74, 6) is 0.832. The number of likely N-dealkylation sites (tertiary alicyclic amines) is 1. The van der Waals surface area contributed by atoms with E-state index < -0.39 is 0 Å². The first-order valence-electron chi connectivity index (χ1n) is 5.44. The van der Waals surface area contributed by atoms with Crippen molar-refractivity contribution in [2.75, 3.05) is 13.1 Å². The second-order valence-corrected chi connectivity index (χ2v) is 4.16. The lowest BCUT2D eigenvalue weighted by molar-refractivity contribution is 0.317. The first-order chi connectivity index (χ1) is 6.88. The van der Waals surface area contributed by atoms with Crippen LogP contribution in [0.1, 0.15) is 18.4 Å². The van der Waals surface area contributed by atoms with Gasteiger partial charge in [-0.15, -0.1) is 0 Å². The molecule has 1 fully saturated rings. The molecule has 0 saturated carbocycles. The Hall–Kier alpha value is -0.820. The molecule has 1 saturated heterocycles. The van der Waals surface area contributed by atoms with Crippen molar-refractivity contribution >= 4 is 0 Å². The van der Waals surface area contributed by atoms with Gasteiger partial charge in [-0.1, -0.05) is 37.3 Å². The average Bonchev–Trinajstić information content (AvgIpc) is 2.67. The number of hydrogen-bond acceptors (Lipinski definition) is 1. The smallest absolute Gasteiger partial charge is 0.0233 e. The molecule has 1 heterocycles. The fourth-order valence-corrected chi connectivity index (χ4v) is 2.13. The van der Waals surface area contributed by atoms with Crippen LogP contribution in [0.5, 0.6) is 0 Å². The highest BCUT2D eigenvalue weighted by molar-refractivity contribution is 5.14. The van der Waals surface area contributed by atoms with Crippen molar-refractivity contribution in [3.05, 3.63) is 42.8 Å². The van der Waals surface area contributed by atoms with Gasteiger partial charge in [-0.25, -0.2) is 0 Å². The third kappa shape index (κ3) is 2.36. The minimum Gasteiger partial charge on any atom is -0.299 e. The molecule has 1 aliphatic rings. The second-order valence-electron chi connectivity index (χ2n) is 4.16. The standard InChI is InChI=1S/C13H18N/c1-2-12-8-9-14(10-12)11-13-6-4-3-5-7-13/h3-7,12H,1-2,8-11H2. The first kappa shape index (κ1) is 9.72. The molecule has 1 aliphatic heterocycles. The largest absolute Gasteiger partial charge is 0.299 e. The molecular formula is C13H18N. The first-order valence-corrected chi connectivity index (χ1v) is 5.44. The lowest BCUT2D eigenvalue weighted by Gasteiger charge is -2.15. The quantitative estimate of drug-likeness (QED) is 0.705. The van der Waals surface area contributed by atoms with Gasteiger partial charge in [-0.2, -0.15) is 0 Å². The van der Waals surface area contributed by atoms with Gasteiger partial charge in [0.05, 0.1) is 0 Å². The van der Waals surface area contributed by atoms with E-state index in [1.807, 2.05) is 0 Å². The van der Waals surface area contributed by atoms with Crippen molar-refractivity contribution in [1.82, 2.24) is 4.90 Å². The topological polar surface area (TPSA) is 3.24 Å². The second kappa shape index (κ2) is 4.61. The number of hydrogen-bond donors (Lipinski definition) is 0. The Kier molecular flexibility index (Phi) is 3.20. The van der Waals surface area contributed by atoms with Gasteiger partial charge in [0, 0.05) is 13.1 Å². The SMILES string of the molecule is [CH2]CC1CCN(Cc2ccccc2)C1. The average molecular weight is 188 g/mol. The molecule has 14 heavy (non-hydrogen) atoms. The van der Waals surface area contributed by atoms with E-state index in [1.54, 1.807) is 0 Å². The van der Waals surface area contributed by atoms with Crippen molar-refractivity contribution in [3.63, 3.8) is 0 Å². The molecule has 75 valence electrons. The third-order valence-electron chi connectivity index (χ3n) is 3.03. The van der Waals surface area contributed by atoms with E-state index in [0.717, 1.165) is 18.9 Å². The number of rotatable bonds is 3. The maximum absolute atomic E-state index is 3.98. The van der Waals surface area contributed by atoms with Crippen LogP contribution in [0, 0.1) is 12.8 Å². The molecule has 0 amide bonds. The Labute approximate surface area is 86.7 Å². The number of benzene rings is 1. The lowest BCUT2D eigenvalue weighted by Crippen LogP contribution is -2.19. The summed E-state index contributed by atoms with van der Waals surface area (Å²) < 4.78 is 0. The van der Waals surface area contributed by atoms with Gasteiger partial charge in [0.15, 0.2) is 0 Å². The maximum Gasteiger partial charge on any atom is 0.0233 e. The predicted molar refractivity (Wildman–Crippen MR) is 59.8 cm³/mol. The fourth-order valence-electron chi connectivity index (χ4n) is 2.13. The molecule has 1 nitrogen and oxygen atoms in total. The van der Waals surface area contributed by atoms with Crippen molar-refractivity contribution in [2.45, 2.75) is 19.4 Å². The Morgan fingerprint density at radius 2 is 2.07 bits per heavy atom. The summed E-state index contributed by atoms with van der Waals surface area (Å²) in [6, 6.07) is 10.7. The van der Waals surface area contributed by atoms with E-state index in [1.165, 1.54) is 25.1 Å². The van der Waals surface area contributed by atoms with Gasteiger partial charge < -0.3 is 0 Å². The Balaban J connectivity index is 1.88. The van der Waals surface area contributed by atoms with Crippen LogP contribution in [-0.4, -0.2) is 18.0 Å². The van der Waals surface area contributed by atoms with E-state index in [-0.39, 0.29) is 0 Å². The summed E-state index contributed by atoms with van der Waals surface area (Å²) in [5.41, 5.74) is 1.43. The number of nitrogens with zero attached hydrogens (tertiary/aromatic N) is 1. The summed E-state index contributed by atoms with van der Waals surface area (Å²) in [4.78, 5) is 2.53. The molecular weight excluding hydrogens is 170 g/mol.